The third-order valence-electron chi connectivity index (χ3n) is 6.90. The van der Waals surface area contributed by atoms with Gasteiger partial charge in [0.2, 0.25) is 0 Å². The second-order valence-corrected chi connectivity index (χ2v) is 11.6. The van der Waals surface area contributed by atoms with Crippen molar-refractivity contribution in [1.82, 2.24) is 19.9 Å². The van der Waals surface area contributed by atoms with Crippen molar-refractivity contribution in [2.75, 3.05) is 37.8 Å². The lowest BCUT2D eigenvalue weighted by atomic mass is 9.97. The van der Waals surface area contributed by atoms with Gasteiger partial charge in [-0.1, -0.05) is 19.1 Å². The summed E-state index contributed by atoms with van der Waals surface area (Å²) in [6, 6.07) is 9.28. The number of hydrogen-bond acceptors (Lipinski definition) is 6. The standard InChI is InChI=1S/C26H31N5O2S/c1-4-34(32,33)20-7-5-6-19(13-20)22-16-29-26(28-15-18-8-10-31(3)11-9-18)24-23(22)21-12-17(2)14-27-25(21)30-24/h5-7,12-14,16,18H,4,8-11,15H2,1-3H3,(H,27,30)(H,28,29). The van der Waals surface area contributed by atoms with Crippen LogP contribution < -0.4 is 5.32 Å². The van der Waals surface area contributed by atoms with Crippen LogP contribution in [0.1, 0.15) is 25.3 Å². The molecule has 8 heteroatoms. The smallest absolute Gasteiger partial charge is 0.178 e. The van der Waals surface area contributed by atoms with Gasteiger partial charge >= 0.3 is 0 Å². The summed E-state index contributed by atoms with van der Waals surface area (Å²) in [7, 11) is -1.13. The molecule has 34 heavy (non-hydrogen) atoms. The molecule has 0 unspecified atom stereocenters. The molecule has 7 nitrogen and oxygen atoms in total. The topological polar surface area (TPSA) is 91.0 Å². The molecular formula is C26H31N5O2S. The molecule has 4 heterocycles. The van der Waals surface area contributed by atoms with Crippen molar-refractivity contribution in [3.8, 4) is 11.1 Å². The van der Waals surface area contributed by atoms with E-state index < -0.39 is 9.84 Å². The van der Waals surface area contributed by atoms with Gasteiger partial charge in [-0.25, -0.2) is 18.4 Å². The highest BCUT2D eigenvalue weighted by Gasteiger charge is 2.20. The lowest BCUT2D eigenvalue weighted by Gasteiger charge is -2.29. The summed E-state index contributed by atoms with van der Waals surface area (Å²) in [6.07, 6.45) is 6.06. The number of aryl methyl sites for hydroxylation is 1. The van der Waals surface area contributed by atoms with Gasteiger partial charge < -0.3 is 15.2 Å². The van der Waals surface area contributed by atoms with Crippen molar-refractivity contribution in [3.63, 3.8) is 0 Å². The summed E-state index contributed by atoms with van der Waals surface area (Å²) in [6.45, 7) is 6.82. The molecule has 0 amide bonds. The van der Waals surface area contributed by atoms with Gasteiger partial charge in [0.05, 0.1) is 16.2 Å². The van der Waals surface area contributed by atoms with Crippen LogP contribution in [0.4, 0.5) is 5.82 Å². The molecular weight excluding hydrogens is 446 g/mol. The molecule has 2 N–H and O–H groups in total. The van der Waals surface area contributed by atoms with E-state index in [1.54, 1.807) is 25.1 Å². The maximum absolute atomic E-state index is 12.5. The molecule has 1 aliphatic heterocycles. The van der Waals surface area contributed by atoms with Crippen molar-refractivity contribution >= 4 is 37.6 Å². The second-order valence-electron chi connectivity index (χ2n) is 9.36. The van der Waals surface area contributed by atoms with E-state index in [1.807, 2.05) is 25.4 Å². The molecule has 0 aliphatic carbocycles. The van der Waals surface area contributed by atoms with Crippen molar-refractivity contribution in [2.24, 2.45) is 5.92 Å². The van der Waals surface area contributed by atoms with Gasteiger partial charge in [0.1, 0.15) is 11.5 Å². The minimum absolute atomic E-state index is 0.0696. The lowest BCUT2D eigenvalue weighted by molar-refractivity contribution is 0.226. The second kappa shape index (κ2) is 9.00. The fraction of sp³-hybridized carbons (Fsp3) is 0.385. The molecule has 1 aliphatic rings. The highest BCUT2D eigenvalue weighted by Crippen LogP contribution is 2.37. The van der Waals surface area contributed by atoms with Gasteiger partial charge in [-0.3, -0.25) is 0 Å². The number of nitrogens with one attached hydrogen (secondary N) is 2. The largest absolute Gasteiger partial charge is 0.368 e. The number of likely N-dealkylation sites (tertiary alicyclic amines) is 1. The summed E-state index contributed by atoms with van der Waals surface area (Å²) in [5, 5.41) is 5.61. The number of fused-ring (bicyclic) bond motifs is 3. The zero-order chi connectivity index (χ0) is 23.9. The monoisotopic (exact) mass is 477 g/mol. The number of nitrogens with zero attached hydrogens (tertiary/aromatic N) is 3. The molecule has 0 bridgehead atoms. The van der Waals surface area contributed by atoms with E-state index in [0.717, 1.165) is 64.1 Å². The normalized spacial score (nSPS) is 15.9. The number of aromatic amines is 1. The Morgan fingerprint density at radius 3 is 2.71 bits per heavy atom. The third-order valence-corrected chi connectivity index (χ3v) is 8.63. The van der Waals surface area contributed by atoms with Gasteiger partial charge in [0, 0.05) is 35.3 Å². The quantitative estimate of drug-likeness (QED) is 0.421. The molecule has 0 radical (unpaired) electrons. The van der Waals surface area contributed by atoms with E-state index in [1.165, 1.54) is 12.8 Å². The number of hydrogen-bond donors (Lipinski definition) is 2. The van der Waals surface area contributed by atoms with Crippen LogP contribution in [-0.2, 0) is 9.84 Å². The molecule has 0 atom stereocenters. The Hall–Kier alpha value is -2.97. The maximum atomic E-state index is 12.5. The van der Waals surface area contributed by atoms with E-state index in [4.69, 9.17) is 4.98 Å². The molecule has 0 saturated carbocycles. The van der Waals surface area contributed by atoms with Crippen molar-refractivity contribution < 1.29 is 8.42 Å². The van der Waals surface area contributed by atoms with E-state index in [0.29, 0.717) is 10.8 Å². The first kappa shape index (κ1) is 22.8. The van der Waals surface area contributed by atoms with Crippen LogP contribution in [0.5, 0.6) is 0 Å². The molecule has 0 spiro atoms. The summed E-state index contributed by atoms with van der Waals surface area (Å²) >= 11 is 0. The number of piperidine rings is 1. The van der Waals surface area contributed by atoms with Gasteiger partial charge in [0.25, 0.3) is 0 Å². The summed E-state index contributed by atoms with van der Waals surface area (Å²) < 4.78 is 25.0. The summed E-state index contributed by atoms with van der Waals surface area (Å²) in [5.41, 5.74) is 4.50. The SMILES string of the molecule is CCS(=O)(=O)c1cccc(-c2cnc(NCC3CCN(C)CC3)c3[nH]c4ncc(C)cc4c23)c1. The molecule has 3 aromatic heterocycles. The minimum Gasteiger partial charge on any atom is -0.368 e. The number of rotatable bonds is 6. The van der Waals surface area contributed by atoms with Gasteiger partial charge in [-0.15, -0.1) is 0 Å². The average Bonchev–Trinajstić information content (AvgIpc) is 3.22. The van der Waals surface area contributed by atoms with Crippen LogP contribution >= 0.6 is 0 Å². The summed E-state index contributed by atoms with van der Waals surface area (Å²) in [4.78, 5) is 15.6. The minimum atomic E-state index is -3.31. The molecule has 1 fully saturated rings. The Kier molecular flexibility index (Phi) is 6.04. The number of H-pyrrole nitrogens is 1. The highest BCUT2D eigenvalue weighted by molar-refractivity contribution is 7.91. The first-order valence-electron chi connectivity index (χ1n) is 11.9. The zero-order valence-electron chi connectivity index (χ0n) is 19.9. The number of benzene rings is 1. The predicted molar refractivity (Wildman–Crippen MR) is 138 cm³/mol. The number of pyridine rings is 2. The fourth-order valence-electron chi connectivity index (χ4n) is 4.77. The number of sulfone groups is 1. The van der Waals surface area contributed by atoms with Crippen LogP contribution in [0, 0.1) is 12.8 Å². The average molecular weight is 478 g/mol. The van der Waals surface area contributed by atoms with Crippen LogP contribution in [0.25, 0.3) is 33.1 Å². The predicted octanol–water partition coefficient (Wildman–Crippen LogP) is 4.63. The Morgan fingerprint density at radius 1 is 1.15 bits per heavy atom. The maximum Gasteiger partial charge on any atom is 0.178 e. The molecule has 4 aromatic rings. The van der Waals surface area contributed by atoms with Crippen molar-refractivity contribution in [3.05, 3.63) is 48.3 Å². The van der Waals surface area contributed by atoms with E-state index in [9.17, 15) is 8.42 Å². The van der Waals surface area contributed by atoms with Crippen molar-refractivity contribution in [2.45, 2.75) is 31.6 Å². The van der Waals surface area contributed by atoms with Crippen LogP contribution in [-0.4, -0.2) is 60.7 Å². The van der Waals surface area contributed by atoms with Crippen LogP contribution in [0.15, 0.2) is 47.6 Å². The van der Waals surface area contributed by atoms with E-state index in [-0.39, 0.29) is 5.75 Å². The Labute approximate surface area is 200 Å². The van der Waals surface area contributed by atoms with Gasteiger partial charge in [-0.2, -0.15) is 0 Å². The zero-order valence-corrected chi connectivity index (χ0v) is 20.7. The van der Waals surface area contributed by atoms with Crippen LogP contribution in [0.2, 0.25) is 0 Å². The molecule has 5 rings (SSSR count). The first-order valence-corrected chi connectivity index (χ1v) is 13.5. The molecule has 178 valence electrons. The van der Waals surface area contributed by atoms with E-state index in [2.05, 4.69) is 33.3 Å². The first-order chi connectivity index (χ1) is 16.4. The Bertz CT molecular complexity index is 1450. The summed E-state index contributed by atoms with van der Waals surface area (Å²) in [5.74, 6) is 1.50. The molecule has 1 aromatic carbocycles. The lowest BCUT2D eigenvalue weighted by Crippen LogP contribution is -2.33. The van der Waals surface area contributed by atoms with Gasteiger partial charge in [-0.05, 0) is 75.1 Å². The Balaban J connectivity index is 1.61. The van der Waals surface area contributed by atoms with Crippen LogP contribution in [0.3, 0.4) is 0 Å². The van der Waals surface area contributed by atoms with Gasteiger partial charge in [0.15, 0.2) is 9.84 Å². The number of anilines is 1. The Morgan fingerprint density at radius 2 is 1.94 bits per heavy atom. The highest BCUT2D eigenvalue weighted by atomic mass is 32.2. The number of aromatic nitrogens is 3. The third kappa shape index (κ3) is 4.28. The molecule has 1 saturated heterocycles. The van der Waals surface area contributed by atoms with Crippen molar-refractivity contribution in [1.29, 1.82) is 0 Å². The van der Waals surface area contributed by atoms with E-state index >= 15 is 0 Å². The fourth-order valence-corrected chi connectivity index (χ4v) is 5.70.